The molecule has 1 unspecified atom stereocenters. The molecule has 0 spiro atoms. The highest BCUT2D eigenvalue weighted by Gasteiger charge is 2.15. The first-order chi connectivity index (χ1) is 7.54. The average Bonchev–Trinajstić information content (AvgIpc) is 2.26. The summed E-state index contributed by atoms with van der Waals surface area (Å²) in [6, 6.07) is 7.48. The van der Waals surface area contributed by atoms with Gasteiger partial charge in [0.05, 0.1) is 0 Å². The van der Waals surface area contributed by atoms with Gasteiger partial charge in [-0.2, -0.15) is 0 Å². The van der Waals surface area contributed by atoms with Gasteiger partial charge in [0.2, 0.25) is 5.91 Å². The van der Waals surface area contributed by atoms with Crippen LogP contribution in [0.1, 0.15) is 17.9 Å². The van der Waals surface area contributed by atoms with Crippen molar-refractivity contribution in [3.8, 4) is 0 Å². The molecule has 1 rings (SSSR count). The third kappa shape index (κ3) is 3.51. The number of hydrogen-bond acceptors (Lipinski definition) is 2. The lowest BCUT2D eigenvalue weighted by Gasteiger charge is -2.17. The van der Waals surface area contributed by atoms with Crippen LogP contribution < -0.4 is 5.73 Å². The number of nitrogens with two attached hydrogens (primary N) is 1. The molecule has 0 saturated carbocycles. The van der Waals surface area contributed by atoms with E-state index in [9.17, 15) is 4.79 Å². The highest BCUT2D eigenvalue weighted by atomic mass is 35.5. The first-order valence-corrected chi connectivity index (χ1v) is 5.58. The molecule has 0 aliphatic rings. The van der Waals surface area contributed by atoms with Gasteiger partial charge in [-0.05, 0) is 24.2 Å². The number of halogens is 1. The van der Waals surface area contributed by atoms with Gasteiger partial charge in [0, 0.05) is 31.5 Å². The van der Waals surface area contributed by atoms with Crippen molar-refractivity contribution < 1.29 is 4.79 Å². The van der Waals surface area contributed by atoms with E-state index in [-0.39, 0.29) is 11.8 Å². The second-order valence-electron chi connectivity index (χ2n) is 3.98. The second-order valence-corrected chi connectivity index (χ2v) is 4.41. The second kappa shape index (κ2) is 5.87. The lowest BCUT2D eigenvalue weighted by molar-refractivity contribution is -0.129. The van der Waals surface area contributed by atoms with Gasteiger partial charge in [0.15, 0.2) is 0 Å². The molecule has 1 amide bonds. The summed E-state index contributed by atoms with van der Waals surface area (Å²) in [6.45, 7) is 0.460. The first-order valence-electron chi connectivity index (χ1n) is 5.20. The van der Waals surface area contributed by atoms with E-state index in [0.717, 1.165) is 5.56 Å². The van der Waals surface area contributed by atoms with Gasteiger partial charge in [-0.1, -0.05) is 23.7 Å². The maximum absolute atomic E-state index is 11.6. The number of hydrogen-bond donors (Lipinski definition) is 1. The van der Waals surface area contributed by atoms with Crippen molar-refractivity contribution in [1.29, 1.82) is 0 Å². The zero-order valence-electron chi connectivity index (χ0n) is 9.61. The van der Waals surface area contributed by atoms with Crippen LogP contribution in [0.5, 0.6) is 0 Å². The molecule has 0 aromatic heterocycles. The molecule has 0 aliphatic heterocycles. The van der Waals surface area contributed by atoms with E-state index in [1.54, 1.807) is 19.0 Å². The van der Waals surface area contributed by atoms with E-state index in [1.807, 2.05) is 24.3 Å². The minimum absolute atomic E-state index is 0.0622. The molecule has 0 aliphatic carbocycles. The zero-order chi connectivity index (χ0) is 12.1. The van der Waals surface area contributed by atoms with Gasteiger partial charge in [-0.25, -0.2) is 0 Å². The molecule has 0 radical (unpaired) electrons. The molecule has 1 atom stereocenters. The van der Waals surface area contributed by atoms with Gasteiger partial charge in [-0.15, -0.1) is 0 Å². The predicted octanol–water partition coefficient (Wildman–Crippen LogP) is 1.86. The largest absolute Gasteiger partial charge is 0.349 e. The molecule has 4 heteroatoms. The van der Waals surface area contributed by atoms with Gasteiger partial charge in [0.1, 0.15) is 0 Å². The smallest absolute Gasteiger partial charge is 0.222 e. The van der Waals surface area contributed by atoms with E-state index >= 15 is 0 Å². The summed E-state index contributed by atoms with van der Waals surface area (Å²) in [5.74, 6) is 0.151. The summed E-state index contributed by atoms with van der Waals surface area (Å²) in [5.41, 5.74) is 6.75. The monoisotopic (exact) mass is 240 g/mol. The van der Waals surface area contributed by atoms with Crippen molar-refractivity contribution in [2.45, 2.75) is 12.3 Å². The number of rotatable bonds is 4. The summed E-state index contributed by atoms with van der Waals surface area (Å²) in [7, 11) is 3.50. The number of carbonyl (C=O) groups is 1. The number of benzene rings is 1. The highest BCUT2D eigenvalue weighted by Crippen LogP contribution is 2.21. The molecule has 1 aromatic rings. The minimum atomic E-state index is 0.0622. The number of amides is 1. The fourth-order valence-electron chi connectivity index (χ4n) is 1.47. The Bertz CT molecular complexity index is 349. The normalized spacial score (nSPS) is 12.2. The Kier molecular flexibility index (Phi) is 4.77. The molecule has 88 valence electrons. The average molecular weight is 241 g/mol. The van der Waals surface area contributed by atoms with Crippen molar-refractivity contribution in [2.75, 3.05) is 20.6 Å². The lowest BCUT2D eigenvalue weighted by Crippen LogP contribution is -2.26. The van der Waals surface area contributed by atoms with Crippen LogP contribution in [0, 0.1) is 0 Å². The quantitative estimate of drug-likeness (QED) is 0.873. The highest BCUT2D eigenvalue weighted by molar-refractivity contribution is 6.30. The van der Waals surface area contributed by atoms with E-state index in [4.69, 9.17) is 17.3 Å². The predicted molar refractivity (Wildman–Crippen MR) is 66.6 cm³/mol. The summed E-state index contributed by atoms with van der Waals surface area (Å²) in [6.07, 6.45) is 0.436. The molecular weight excluding hydrogens is 224 g/mol. The third-order valence-electron chi connectivity index (χ3n) is 2.55. The Morgan fingerprint density at radius 2 is 1.94 bits per heavy atom. The molecule has 0 fully saturated rings. The van der Waals surface area contributed by atoms with Crippen LogP contribution in [0.3, 0.4) is 0 Å². The Hall–Kier alpha value is -1.06. The van der Waals surface area contributed by atoms with E-state index < -0.39 is 0 Å². The van der Waals surface area contributed by atoms with Crippen molar-refractivity contribution in [3.05, 3.63) is 34.9 Å². The summed E-state index contributed by atoms with van der Waals surface area (Å²) in [5, 5.41) is 0.693. The summed E-state index contributed by atoms with van der Waals surface area (Å²) >= 11 is 5.81. The number of nitrogens with zero attached hydrogens (tertiary/aromatic N) is 1. The van der Waals surface area contributed by atoms with Gasteiger partial charge in [-0.3, -0.25) is 4.79 Å². The van der Waals surface area contributed by atoms with Crippen molar-refractivity contribution in [1.82, 2.24) is 4.90 Å². The Balaban J connectivity index is 2.74. The van der Waals surface area contributed by atoms with Crippen molar-refractivity contribution >= 4 is 17.5 Å². The lowest BCUT2D eigenvalue weighted by atomic mass is 9.95. The molecule has 0 bridgehead atoms. The van der Waals surface area contributed by atoms with Gasteiger partial charge >= 0.3 is 0 Å². The fraction of sp³-hybridized carbons (Fsp3) is 0.417. The first kappa shape index (κ1) is 13.0. The van der Waals surface area contributed by atoms with Crippen LogP contribution in [0.4, 0.5) is 0 Å². The number of carbonyl (C=O) groups excluding carboxylic acids is 1. The van der Waals surface area contributed by atoms with Crippen LogP contribution in [0.2, 0.25) is 5.02 Å². The van der Waals surface area contributed by atoms with Crippen molar-refractivity contribution in [2.24, 2.45) is 5.73 Å². The molecule has 3 nitrogen and oxygen atoms in total. The van der Waals surface area contributed by atoms with E-state index in [2.05, 4.69) is 0 Å². The molecular formula is C12H17ClN2O. The molecule has 0 heterocycles. The maximum Gasteiger partial charge on any atom is 0.222 e. The van der Waals surface area contributed by atoms with Crippen molar-refractivity contribution in [3.63, 3.8) is 0 Å². The molecule has 2 N–H and O–H groups in total. The topological polar surface area (TPSA) is 46.3 Å². The maximum atomic E-state index is 11.6. The minimum Gasteiger partial charge on any atom is -0.349 e. The van der Waals surface area contributed by atoms with Crippen LogP contribution in [0.15, 0.2) is 24.3 Å². The van der Waals surface area contributed by atoms with Crippen LogP contribution >= 0.6 is 11.6 Å². The van der Waals surface area contributed by atoms with Crippen LogP contribution in [0.25, 0.3) is 0 Å². The Morgan fingerprint density at radius 1 is 1.38 bits per heavy atom. The van der Waals surface area contributed by atoms with Gasteiger partial charge in [0.25, 0.3) is 0 Å². The van der Waals surface area contributed by atoms with Gasteiger partial charge < -0.3 is 10.6 Å². The van der Waals surface area contributed by atoms with Crippen LogP contribution in [-0.4, -0.2) is 31.4 Å². The Morgan fingerprint density at radius 3 is 2.38 bits per heavy atom. The SMILES string of the molecule is CN(C)C(=O)CC(CN)c1ccc(Cl)cc1. The summed E-state index contributed by atoms with van der Waals surface area (Å²) in [4.78, 5) is 13.2. The summed E-state index contributed by atoms with van der Waals surface area (Å²) < 4.78 is 0. The third-order valence-corrected chi connectivity index (χ3v) is 2.80. The Labute approximate surface area is 101 Å². The molecule has 1 aromatic carbocycles. The standard InChI is InChI=1S/C12H17ClN2O/c1-15(2)12(16)7-10(8-14)9-3-5-11(13)6-4-9/h3-6,10H,7-8,14H2,1-2H3. The molecule has 0 saturated heterocycles. The zero-order valence-corrected chi connectivity index (χ0v) is 10.4. The van der Waals surface area contributed by atoms with E-state index in [1.165, 1.54) is 0 Å². The molecule has 16 heavy (non-hydrogen) atoms. The van der Waals surface area contributed by atoms with Crippen LogP contribution in [-0.2, 0) is 4.79 Å². The van der Waals surface area contributed by atoms with E-state index in [0.29, 0.717) is 18.0 Å². The fourth-order valence-corrected chi connectivity index (χ4v) is 1.59.